The summed E-state index contributed by atoms with van der Waals surface area (Å²) < 4.78 is 28.5. The molecule has 10 heteroatoms. The summed E-state index contributed by atoms with van der Waals surface area (Å²) in [7, 11) is 0. The number of rotatable bonds is 10. The molecule has 37 heavy (non-hydrogen) atoms. The summed E-state index contributed by atoms with van der Waals surface area (Å²) >= 11 is 0. The lowest BCUT2D eigenvalue weighted by Crippen LogP contribution is -2.25. The quantitative estimate of drug-likeness (QED) is 0.239. The van der Waals surface area contributed by atoms with E-state index >= 15 is 4.39 Å². The van der Waals surface area contributed by atoms with Crippen molar-refractivity contribution in [2.45, 2.75) is 44.7 Å². The number of nitrogens with one attached hydrogen (secondary N) is 4. The fraction of sp³-hybridized carbons (Fsp3) is 0.259. The molecule has 0 bridgehead atoms. The number of carbonyl (C=O) groups excluding carboxylic acids is 1. The van der Waals surface area contributed by atoms with Crippen LogP contribution in [-0.4, -0.2) is 26.1 Å². The lowest BCUT2D eigenvalue weighted by atomic mass is 10.1. The summed E-state index contributed by atoms with van der Waals surface area (Å²) in [6, 6.07) is 12.6. The number of hydrogen-bond acceptors (Lipinski definition) is 6. The van der Waals surface area contributed by atoms with Gasteiger partial charge in [0.25, 0.3) is 0 Å². The first-order valence-corrected chi connectivity index (χ1v) is 12.1. The Hall–Kier alpha value is -4.34. The second-order valence-corrected chi connectivity index (χ2v) is 9.17. The first-order valence-electron chi connectivity index (χ1n) is 12.1. The Morgan fingerprint density at radius 2 is 1.95 bits per heavy atom. The molecule has 0 aliphatic heterocycles. The summed E-state index contributed by atoms with van der Waals surface area (Å²) in [6.07, 6.45) is 5.65. The predicted octanol–water partition coefficient (Wildman–Crippen LogP) is 5.13. The minimum Gasteiger partial charge on any atom is -0.363 e. The van der Waals surface area contributed by atoms with Gasteiger partial charge in [-0.25, -0.2) is 13.8 Å². The molecule has 0 unspecified atom stereocenters. The van der Waals surface area contributed by atoms with Gasteiger partial charge >= 0.3 is 0 Å². The van der Waals surface area contributed by atoms with Crippen LogP contribution in [0.1, 0.15) is 54.1 Å². The molecule has 4 aromatic rings. The second kappa shape index (κ2) is 10.7. The number of nitrogens with zero attached hydrogens (tertiary/aromatic N) is 3. The fourth-order valence-electron chi connectivity index (χ4n) is 3.98. The molecule has 1 aliphatic carbocycles. The van der Waals surface area contributed by atoms with Crippen molar-refractivity contribution in [1.82, 2.24) is 25.5 Å². The van der Waals surface area contributed by atoms with Crippen molar-refractivity contribution in [3.05, 3.63) is 94.9 Å². The number of anilines is 3. The number of halogens is 2. The van der Waals surface area contributed by atoms with Gasteiger partial charge < -0.3 is 16.0 Å². The fourth-order valence-corrected chi connectivity index (χ4v) is 3.98. The van der Waals surface area contributed by atoms with E-state index in [1.165, 1.54) is 18.2 Å². The Kier molecular flexibility index (Phi) is 7.07. The monoisotopic (exact) mass is 503 g/mol. The van der Waals surface area contributed by atoms with Crippen LogP contribution in [0.2, 0.25) is 0 Å². The number of H-pyrrole nitrogens is 1. The minimum atomic E-state index is -0.576. The van der Waals surface area contributed by atoms with Gasteiger partial charge in [-0.3, -0.25) is 14.9 Å². The van der Waals surface area contributed by atoms with Gasteiger partial charge in [-0.2, -0.15) is 5.10 Å². The average Bonchev–Trinajstić information content (AvgIpc) is 3.64. The number of hydrogen-bond donors (Lipinski definition) is 4. The lowest BCUT2D eigenvalue weighted by Gasteiger charge is -2.19. The highest BCUT2D eigenvalue weighted by molar-refractivity contribution is 5.78. The predicted molar refractivity (Wildman–Crippen MR) is 136 cm³/mol. The molecule has 190 valence electrons. The van der Waals surface area contributed by atoms with Gasteiger partial charge in [-0.1, -0.05) is 18.2 Å². The van der Waals surface area contributed by atoms with Crippen LogP contribution in [0.15, 0.2) is 60.9 Å². The highest BCUT2D eigenvalue weighted by Gasteiger charge is 2.26. The van der Waals surface area contributed by atoms with E-state index in [0.29, 0.717) is 23.1 Å². The van der Waals surface area contributed by atoms with Crippen molar-refractivity contribution >= 4 is 23.4 Å². The first-order chi connectivity index (χ1) is 17.9. The molecular weight excluding hydrogens is 476 g/mol. The molecule has 0 spiro atoms. The zero-order valence-electron chi connectivity index (χ0n) is 20.3. The van der Waals surface area contributed by atoms with E-state index in [-0.39, 0.29) is 36.5 Å². The molecular formula is C27H27F2N7O. The molecule has 0 saturated heterocycles. The SMILES string of the molecule is C[C@H](Nc1nc(Nc2cc(C3CC3)[nH]n2)c(F)cc1CNC(=O)Cc1cccnc1)c1ccc(F)cc1. The van der Waals surface area contributed by atoms with Gasteiger partial charge in [0.05, 0.1) is 6.42 Å². The number of pyridine rings is 2. The van der Waals surface area contributed by atoms with Crippen LogP contribution >= 0.6 is 0 Å². The highest BCUT2D eigenvalue weighted by Crippen LogP contribution is 2.39. The standard InChI is InChI=1S/C27H27F2N7O/c1-16(18-6-8-21(28)9-7-18)32-26-20(15-31-25(37)11-17-3-2-10-30-14-17)12-22(29)27(34-26)33-24-13-23(35-36-24)19-4-5-19/h2-3,6-10,12-14,16,19H,4-5,11,15H2,1H3,(H,31,37)(H3,32,33,34,35,36)/t16-/m0/s1. The molecule has 3 heterocycles. The van der Waals surface area contributed by atoms with Gasteiger partial charge in [0, 0.05) is 48.2 Å². The number of benzene rings is 1. The average molecular weight is 504 g/mol. The van der Waals surface area contributed by atoms with E-state index in [9.17, 15) is 9.18 Å². The molecule has 1 saturated carbocycles. The van der Waals surface area contributed by atoms with Crippen LogP contribution < -0.4 is 16.0 Å². The first kappa shape index (κ1) is 24.4. The Morgan fingerprint density at radius 3 is 2.68 bits per heavy atom. The van der Waals surface area contributed by atoms with Gasteiger partial charge in [-0.15, -0.1) is 0 Å². The van der Waals surface area contributed by atoms with Crippen LogP contribution in [0, 0.1) is 11.6 Å². The molecule has 1 amide bonds. The molecule has 1 aromatic carbocycles. The Morgan fingerprint density at radius 1 is 1.14 bits per heavy atom. The second-order valence-electron chi connectivity index (χ2n) is 9.17. The minimum absolute atomic E-state index is 0.00749. The van der Waals surface area contributed by atoms with Gasteiger partial charge in [0.1, 0.15) is 11.6 Å². The Balaban J connectivity index is 1.36. The van der Waals surface area contributed by atoms with Crippen LogP contribution in [0.5, 0.6) is 0 Å². The maximum atomic E-state index is 15.1. The van der Waals surface area contributed by atoms with Crippen molar-refractivity contribution in [2.75, 3.05) is 10.6 Å². The zero-order valence-corrected chi connectivity index (χ0v) is 20.3. The third kappa shape index (κ3) is 6.27. The van der Waals surface area contributed by atoms with Crippen molar-refractivity contribution in [2.24, 2.45) is 0 Å². The van der Waals surface area contributed by atoms with E-state index in [4.69, 9.17) is 0 Å². The molecule has 1 aliphatic rings. The zero-order chi connectivity index (χ0) is 25.8. The molecule has 4 N–H and O–H groups in total. The Bertz CT molecular complexity index is 1370. The topological polar surface area (TPSA) is 108 Å². The number of aromatic nitrogens is 4. The van der Waals surface area contributed by atoms with Crippen molar-refractivity contribution in [3.8, 4) is 0 Å². The summed E-state index contributed by atoms with van der Waals surface area (Å²) in [6.45, 7) is 1.96. The molecule has 1 fully saturated rings. The normalized spacial score (nSPS) is 13.7. The van der Waals surface area contributed by atoms with Crippen molar-refractivity contribution < 1.29 is 13.6 Å². The van der Waals surface area contributed by atoms with Crippen molar-refractivity contribution in [3.63, 3.8) is 0 Å². The van der Waals surface area contributed by atoms with Crippen LogP contribution in [0.25, 0.3) is 0 Å². The number of amides is 1. The third-order valence-electron chi connectivity index (χ3n) is 6.20. The van der Waals surface area contributed by atoms with E-state index in [2.05, 4.69) is 36.1 Å². The third-order valence-corrected chi connectivity index (χ3v) is 6.20. The molecule has 5 rings (SSSR count). The summed E-state index contributed by atoms with van der Waals surface area (Å²) in [4.78, 5) is 21.0. The lowest BCUT2D eigenvalue weighted by molar-refractivity contribution is -0.120. The smallest absolute Gasteiger partial charge is 0.224 e. The largest absolute Gasteiger partial charge is 0.363 e. The molecule has 0 radical (unpaired) electrons. The summed E-state index contributed by atoms with van der Waals surface area (Å²) in [5, 5.41) is 16.3. The van der Waals surface area contributed by atoms with Crippen molar-refractivity contribution in [1.29, 1.82) is 0 Å². The summed E-state index contributed by atoms with van der Waals surface area (Å²) in [5.74, 6) is 0.220. The highest BCUT2D eigenvalue weighted by atomic mass is 19.1. The van der Waals surface area contributed by atoms with Crippen LogP contribution in [0.3, 0.4) is 0 Å². The number of carbonyl (C=O) groups is 1. The summed E-state index contributed by atoms with van der Waals surface area (Å²) in [5.41, 5.74) is 3.09. The van der Waals surface area contributed by atoms with E-state index in [0.717, 1.165) is 29.7 Å². The van der Waals surface area contributed by atoms with Crippen LogP contribution in [-0.2, 0) is 17.8 Å². The van der Waals surface area contributed by atoms with Gasteiger partial charge in [-0.05, 0) is 55.2 Å². The van der Waals surface area contributed by atoms with E-state index < -0.39 is 5.82 Å². The molecule has 3 aromatic heterocycles. The molecule has 8 nitrogen and oxygen atoms in total. The van der Waals surface area contributed by atoms with Gasteiger partial charge in [0.15, 0.2) is 17.5 Å². The van der Waals surface area contributed by atoms with E-state index in [1.807, 2.05) is 19.1 Å². The molecule has 1 atom stereocenters. The number of aromatic amines is 1. The van der Waals surface area contributed by atoms with E-state index in [1.54, 1.807) is 30.6 Å². The maximum absolute atomic E-state index is 15.1. The van der Waals surface area contributed by atoms with Gasteiger partial charge in [0.2, 0.25) is 5.91 Å². The Labute approximate surface area is 212 Å². The van der Waals surface area contributed by atoms with Crippen LogP contribution in [0.4, 0.5) is 26.2 Å². The maximum Gasteiger partial charge on any atom is 0.224 e.